The minimum absolute atomic E-state index is 0.0890. The van der Waals surface area contributed by atoms with Crippen molar-refractivity contribution in [3.8, 4) is 0 Å². The molecule has 84 valence electrons. The first-order valence-electron chi connectivity index (χ1n) is 5.28. The average molecular weight is 210 g/mol. The predicted octanol–water partition coefficient (Wildman–Crippen LogP) is 2.04. The molecule has 0 aromatic heterocycles. The Hall–Kier alpha value is -0.930. The van der Waals surface area contributed by atoms with Gasteiger partial charge in [-0.3, -0.25) is 0 Å². The molecule has 2 nitrogen and oxygen atoms in total. The number of nitrogens with one attached hydrogen (secondary N) is 1. The van der Waals surface area contributed by atoms with Crippen LogP contribution in [0.4, 0.5) is 4.39 Å². The van der Waals surface area contributed by atoms with Crippen molar-refractivity contribution in [2.75, 3.05) is 27.2 Å². The van der Waals surface area contributed by atoms with Gasteiger partial charge in [-0.1, -0.05) is 25.1 Å². The summed E-state index contributed by atoms with van der Waals surface area (Å²) in [5, 5.41) is 3.25. The maximum absolute atomic E-state index is 13.6. The molecule has 0 radical (unpaired) electrons. The lowest BCUT2D eigenvalue weighted by Crippen LogP contribution is -2.31. The van der Waals surface area contributed by atoms with E-state index in [0.29, 0.717) is 0 Å². The first kappa shape index (κ1) is 12.1. The van der Waals surface area contributed by atoms with Gasteiger partial charge in [-0.25, -0.2) is 4.39 Å². The molecule has 0 fully saturated rings. The van der Waals surface area contributed by atoms with E-state index in [2.05, 4.69) is 5.32 Å². The lowest BCUT2D eigenvalue weighted by atomic mass is 10.1. The van der Waals surface area contributed by atoms with Gasteiger partial charge < -0.3 is 10.2 Å². The van der Waals surface area contributed by atoms with E-state index in [4.69, 9.17) is 0 Å². The molecule has 1 rings (SSSR count). The van der Waals surface area contributed by atoms with E-state index in [9.17, 15) is 4.39 Å². The Morgan fingerprint density at radius 1 is 1.33 bits per heavy atom. The largest absolute Gasteiger partial charge is 0.315 e. The van der Waals surface area contributed by atoms with Gasteiger partial charge in [0.15, 0.2) is 0 Å². The number of hydrogen-bond donors (Lipinski definition) is 1. The monoisotopic (exact) mass is 210 g/mol. The maximum atomic E-state index is 13.6. The lowest BCUT2D eigenvalue weighted by molar-refractivity contribution is 0.283. The Bertz CT molecular complexity index is 299. The van der Waals surface area contributed by atoms with Gasteiger partial charge >= 0.3 is 0 Å². The van der Waals surface area contributed by atoms with Crippen molar-refractivity contribution in [1.82, 2.24) is 10.2 Å². The van der Waals surface area contributed by atoms with Gasteiger partial charge in [0.1, 0.15) is 5.82 Å². The van der Waals surface area contributed by atoms with Gasteiger partial charge in [0.25, 0.3) is 0 Å². The number of halogens is 1. The summed E-state index contributed by atoms with van der Waals surface area (Å²) in [4.78, 5) is 2.03. The molecule has 3 heteroatoms. The maximum Gasteiger partial charge on any atom is 0.128 e. The predicted molar refractivity (Wildman–Crippen MR) is 61.4 cm³/mol. The van der Waals surface area contributed by atoms with E-state index < -0.39 is 0 Å². The topological polar surface area (TPSA) is 15.3 Å². The summed E-state index contributed by atoms with van der Waals surface area (Å²) in [7, 11) is 3.93. The smallest absolute Gasteiger partial charge is 0.128 e. The molecule has 0 heterocycles. The minimum atomic E-state index is -0.130. The van der Waals surface area contributed by atoms with E-state index in [1.807, 2.05) is 38.1 Å². The first-order chi connectivity index (χ1) is 7.16. The van der Waals surface area contributed by atoms with Crippen LogP contribution < -0.4 is 5.32 Å². The first-order valence-corrected chi connectivity index (χ1v) is 5.28. The highest BCUT2D eigenvalue weighted by atomic mass is 19.1. The molecular weight excluding hydrogens is 191 g/mol. The van der Waals surface area contributed by atoms with E-state index in [-0.39, 0.29) is 11.9 Å². The van der Waals surface area contributed by atoms with Crippen molar-refractivity contribution in [3.63, 3.8) is 0 Å². The fourth-order valence-electron chi connectivity index (χ4n) is 1.60. The molecule has 0 saturated heterocycles. The van der Waals surface area contributed by atoms with Crippen LogP contribution in [0.15, 0.2) is 24.3 Å². The van der Waals surface area contributed by atoms with Crippen molar-refractivity contribution in [2.24, 2.45) is 0 Å². The van der Waals surface area contributed by atoms with Crippen LogP contribution in [0.3, 0.4) is 0 Å². The molecule has 1 aromatic rings. The molecule has 1 atom stereocenters. The number of hydrogen-bond acceptors (Lipinski definition) is 2. The highest BCUT2D eigenvalue weighted by molar-refractivity contribution is 5.21. The SMILES string of the molecule is CCNCC(c1ccccc1F)N(C)C. The summed E-state index contributed by atoms with van der Waals surface area (Å²) in [5.41, 5.74) is 0.753. The number of benzene rings is 1. The van der Waals surface area contributed by atoms with Crippen LogP contribution in [-0.4, -0.2) is 32.1 Å². The number of likely N-dealkylation sites (N-methyl/N-ethyl adjacent to an activating group) is 2. The second-order valence-electron chi connectivity index (χ2n) is 3.81. The average Bonchev–Trinajstić information content (AvgIpc) is 2.20. The summed E-state index contributed by atoms with van der Waals surface area (Å²) < 4.78 is 13.6. The molecule has 0 aliphatic heterocycles. The third kappa shape index (κ3) is 3.29. The highest BCUT2D eigenvalue weighted by Gasteiger charge is 2.16. The zero-order valence-electron chi connectivity index (χ0n) is 9.63. The van der Waals surface area contributed by atoms with Crippen molar-refractivity contribution >= 4 is 0 Å². The molecular formula is C12H19FN2. The van der Waals surface area contributed by atoms with Gasteiger partial charge in [-0.05, 0) is 26.7 Å². The van der Waals surface area contributed by atoms with Gasteiger partial charge in [0.2, 0.25) is 0 Å². The zero-order chi connectivity index (χ0) is 11.3. The van der Waals surface area contributed by atoms with E-state index in [1.165, 1.54) is 6.07 Å². The summed E-state index contributed by atoms with van der Waals surface area (Å²) in [6.07, 6.45) is 0. The lowest BCUT2D eigenvalue weighted by Gasteiger charge is -2.25. The Labute approximate surface area is 91.1 Å². The molecule has 1 aromatic carbocycles. The zero-order valence-corrected chi connectivity index (χ0v) is 9.63. The fraction of sp³-hybridized carbons (Fsp3) is 0.500. The Morgan fingerprint density at radius 2 is 2.00 bits per heavy atom. The molecule has 0 bridgehead atoms. The Morgan fingerprint density at radius 3 is 2.53 bits per heavy atom. The van der Waals surface area contributed by atoms with Crippen LogP contribution in [-0.2, 0) is 0 Å². The highest BCUT2D eigenvalue weighted by Crippen LogP contribution is 2.20. The van der Waals surface area contributed by atoms with Gasteiger partial charge in [0, 0.05) is 18.2 Å². The molecule has 1 N–H and O–H groups in total. The van der Waals surface area contributed by atoms with Gasteiger partial charge in [-0.2, -0.15) is 0 Å². The standard InChI is InChI=1S/C12H19FN2/c1-4-14-9-12(15(2)3)10-7-5-6-8-11(10)13/h5-8,12,14H,4,9H2,1-3H3. The molecule has 0 aliphatic carbocycles. The molecule has 0 amide bonds. The van der Waals surface area contributed by atoms with Gasteiger partial charge in [0.05, 0.1) is 0 Å². The second-order valence-corrected chi connectivity index (χ2v) is 3.81. The minimum Gasteiger partial charge on any atom is -0.315 e. The number of rotatable bonds is 5. The molecule has 0 aliphatic rings. The third-order valence-corrected chi connectivity index (χ3v) is 2.48. The van der Waals surface area contributed by atoms with Crippen LogP contribution in [0, 0.1) is 5.82 Å². The van der Waals surface area contributed by atoms with E-state index in [1.54, 1.807) is 6.07 Å². The summed E-state index contributed by atoms with van der Waals surface area (Å²) >= 11 is 0. The van der Waals surface area contributed by atoms with Crippen molar-refractivity contribution in [1.29, 1.82) is 0 Å². The van der Waals surface area contributed by atoms with Crippen molar-refractivity contribution < 1.29 is 4.39 Å². The Kier molecular flexibility index (Phi) is 4.72. The van der Waals surface area contributed by atoms with Crippen LogP contribution in [0.25, 0.3) is 0 Å². The molecule has 1 unspecified atom stereocenters. The van der Waals surface area contributed by atoms with Crippen LogP contribution in [0.1, 0.15) is 18.5 Å². The van der Waals surface area contributed by atoms with E-state index >= 15 is 0 Å². The Balaban J connectivity index is 2.84. The normalized spacial score (nSPS) is 13.1. The van der Waals surface area contributed by atoms with Crippen molar-refractivity contribution in [3.05, 3.63) is 35.6 Å². The second kappa shape index (κ2) is 5.83. The number of nitrogens with zero attached hydrogens (tertiary/aromatic N) is 1. The van der Waals surface area contributed by atoms with E-state index in [0.717, 1.165) is 18.7 Å². The quantitative estimate of drug-likeness (QED) is 0.800. The third-order valence-electron chi connectivity index (χ3n) is 2.48. The van der Waals surface area contributed by atoms with Crippen LogP contribution in [0.5, 0.6) is 0 Å². The molecule has 15 heavy (non-hydrogen) atoms. The molecule has 0 spiro atoms. The summed E-state index contributed by atoms with van der Waals surface area (Å²) in [6.45, 7) is 3.72. The van der Waals surface area contributed by atoms with Crippen LogP contribution >= 0.6 is 0 Å². The van der Waals surface area contributed by atoms with Crippen LogP contribution in [0.2, 0.25) is 0 Å². The fourth-order valence-corrected chi connectivity index (χ4v) is 1.60. The summed E-state index contributed by atoms with van der Waals surface area (Å²) in [6, 6.07) is 7.04. The van der Waals surface area contributed by atoms with Crippen molar-refractivity contribution in [2.45, 2.75) is 13.0 Å². The van der Waals surface area contributed by atoms with Gasteiger partial charge in [-0.15, -0.1) is 0 Å². The molecule has 0 saturated carbocycles. The summed E-state index contributed by atoms with van der Waals surface area (Å²) in [5.74, 6) is -0.130.